The fraction of sp³-hybridized carbons (Fsp3) is 0.467. The maximum atomic E-state index is 11.9. The number of carbonyl (C=O) groups excluding carboxylic acids is 1. The summed E-state index contributed by atoms with van der Waals surface area (Å²) in [6.45, 7) is 6.09. The summed E-state index contributed by atoms with van der Waals surface area (Å²) in [6.07, 6.45) is 0.169. The highest BCUT2D eigenvalue weighted by molar-refractivity contribution is 5.95. The Bertz CT molecular complexity index is 477. The third-order valence-electron chi connectivity index (χ3n) is 2.97. The third kappa shape index (κ3) is 5.01. The molecule has 0 bridgehead atoms. The van der Waals surface area contributed by atoms with E-state index in [0.717, 1.165) is 0 Å². The molecule has 0 heterocycles. The lowest BCUT2D eigenvalue weighted by atomic mass is 9.87. The highest BCUT2D eigenvalue weighted by Crippen LogP contribution is 2.21. The van der Waals surface area contributed by atoms with E-state index in [1.165, 1.54) is 24.3 Å². The Balaban J connectivity index is 2.61. The van der Waals surface area contributed by atoms with Crippen LogP contribution in [0.5, 0.6) is 0 Å². The molecule has 1 unspecified atom stereocenters. The molecule has 0 fully saturated rings. The van der Waals surface area contributed by atoms with Crippen LogP contribution < -0.4 is 5.32 Å². The lowest BCUT2D eigenvalue weighted by molar-refractivity contribution is 0.0696. The molecule has 0 saturated carbocycles. The van der Waals surface area contributed by atoms with Gasteiger partial charge in [-0.1, -0.05) is 13.8 Å². The largest absolute Gasteiger partial charge is 0.478 e. The van der Waals surface area contributed by atoms with E-state index in [1.807, 2.05) is 13.8 Å². The van der Waals surface area contributed by atoms with Crippen molar-refractivity contribution in [2.45, 2.75) is 33.3 Å². The first-order chi connectivity index (χ1) is 9.21. The summed E-state index contributed by atoms with van der Waals surface area (Å²) in [4.78, 5) is 22.7. The Hall–Kier alpha value is -1.88. The SMILES string of the molecule is CC(O)CC(C)(C)CNC(=O)c1ccc(C(=O)O)cc1. The minimum absolute atomic E-state index is 0.149. The zero-order valence-electron chi connectivity index (χ0n) is 12.0. The van der Waals surface area contributed by atoms with Crippen molar-refractivity contribution in [2.24, 2.45) is 5.41 Å². The van der Waals surface area contributed by atoms with Gasteiger partial charge in [-0.15, -0.1) is 0 Å². The molecule has 1 aromatic rings. The predicted octanol–water partition coefficient (Wildman–Crippen LogP) is 1.91. The molecule has 1 rings (SSSR count). The normalized spacial score (nSPS) is 12.8. The maximum Gasteiger partial charge on any atom is 0.335 e. The maximum absolute atomic E-state index is 11.9. The van der Waals surface area contributed by atoms with Crippen molar-refractivity contribution in [3.8, 4) is 0 Å². The molecule has 0 radical (unpaired) electrons. The number of benzene rings is 1. The standard InChI is InChI=1S/C15H21NO4/c1-10(17)8-15(2,3)9-16-13(18)11-4-6-12(7-5-11)14(19)20/h4-7,10,17H,8-9H2,1-3H3,(H,16,18)(H,19,20). The van der Waals surface area contributed by atoms with E-state index in [1.54, 1.807) is 6.92 Å². The fourth-order valence-electron chi connectivity index (χ4n) is 2.06. The molecule has 5 nitrogen and oxygen atoms in total. The first-order valence-electron chi connectivity index (χ1n) is 6.51. The molecule has 5 heteroatoms. The lowest BCUT2D eigenvalue weighted by Gasteiger charge is -2.26. The average molecular weight is 279 g/mol. The Labute approximate surface area is 118 Å². The summed E-state index contributed by atoms with van der Waals surface area (Å²) in [5, 5.41) is 21.0. The molecule has 0 aromatic heterocycles. The van der Waals surface area contributed by atoms with Gasteiger partial charge in [-0.05, 0) is 43.0 Å². The number of rotatable bonds is 6. The molecule has 1 atom stereocenters. The van der Waals surface area contributed by atoms with Crippen LogP contribution in [0.3, 0.4) is 0 Å². The second-order valence-electron chi connectivity index (χ2n) is 5.78. The van der Waals surface area contributed by atoms with Gasteiger partial charge in [0.2, 0.25) is 0 Å². The fourth-order valence-corrected chi connectivity index (χ4v) is 2.06. The van der Waals surface area contributed by atoms with Crippen molar-refractivity contribution in [1.82, 2.24) is 5.32 Å². The zero-order valence-corrected chi connectivity index (χ0v) is 12.0. The number of carbonyl (C=O) groups is 2. The number of aliphatic hydroxyl groups is 1. The van der Waals surface area contributed by atoms with Gasteiger partial charge in [0.1, 0.15) is 0 Å². The van der Waals surface area contributed by atoms with E-state index < -0.39 is 12.1 Å². The van der Waals surface area contributed by atoms with Crippen molar-refractivity contribution < 1.29 is 19.8 Å². The van der Waals surface area contributed by atoms with Crippen LogP contribution in [0, 0.1) is 5.41 Å². The van der Waals surface area contributed by atoms with E-state index in [4.69, 9.17) is 5.11 Å². The number of hydrogen-bond donors (Lipinski definition) is 3. The van der Waals surface area contributed by atoms with Crippen molar-refractivity contribution in [2.75, 3.05) is 6.54 Å². The van der Waals surface area contributed by atoms with Gasteiger partial charge in [0, 0.05) is 12.1 Å². The van der Waals surface area contributed by atoms with Crippen LogP contribution >= 0.6 is 0 Å². The Morgan fingerprint density at radius 2 is 1.70 bits per heavy atom. The van der Waals surface area contributed by atoms with Gasteiger partial charge in [-0.25, -0.2) is 4.79 Å². The molecule has 0 aliphatic rings. The Kier molecular flexibility index (Phi) is 5.27. The molecule has 0 saturated heterocycles. The van der Waals surface area contributed by atoms with Gasteiger partial charge < -0.3 is 15.5 Å². The molecule has 0 aliphatic carbocycles. The van der Waals surface area contributed by atoms with E-state index in [2.05, 4.69) is 5.32 Å². The molecular weight excluding hydrogens is 258 g/mol. The topological polar surface area (TPSA) is 86.6 Å². The third-order valence-corrected chi connectivity index (χ3v) is 2.97. The van der Waals surface area contributed by atoms with Crippen molar-refractivity contribution in [3.05, 3.63) is 35.4 Å². The van der Waals surface area contributed by atoms with Crippen LogP contribution in [-0.4, -0.2) is 34.7 Å². The van der Waals surface area contributed by atoms with Gasteiger partial charge in [0.25, 0.3) is 5.91 Å². The summed E-state index contributed by atoms with van der Waals surface area (Å²) in [5.74, 6) is -1.27. The summed E-state index contributed by atoms with van der Waals surface area (Å²) in [7, 11) is 0. The number of amides is 1. The quantitative estimate of drug-likeness (QED) is 0.742. The summed E-state index contributed by atoms with van der Waals surface area (Å²) in [6, 6.07) is 5.78. The average Bonchev–Trinajstić information content (AvgIpc) is 2.34. The number of aromatic carboxylic acids is 1. The Morgan fingerprint density at radius 3 is 2.15 bits per heavy atom. The number of aliphatic hydroxyl groups excluding tert-OH is 1. The van der Waals surface area contributed by atoms with Gasteiger partial charge in [0.05, 0.1) is 11.7 Å². The molecule has 0 spiro atoms. The smallest absolute Gasteiger partial charge is 0.335 e. The van der Waals surface area contributed by atoms with Gasteiger partial charge in [0.15, 0.2) is 0 Å². The first-order valence-corrected chi connectivity index (χ1v) is 6.51. The first kappa shape index (κ1) is 16.2. The predicted molar refractivity (Wildman–Crippen MR) is 75.8 cm³/mol. The highest BCUT2D eigenvalue weighted by Gasteiger charge is 2.21. The number of hydrogen-bond acceptors (Lipinski definition) is 3. The number of nitrogens with one attached hydrogen (secondary N) is 1. The molecule has 0 aliphatic heterocycles. The molecule has 1 aromatic carbocycles. The second kappa shape index (κ2) is 6.52. The molecule has 110 valence electrons. The van der Waals surface area contributed by atoms with Crippen LogP contribution in [0.25, 0.3) is 0 Å². The monoisotopic (exact) mass is 279 g/mol. The van der Waals surface area contributed by atoms with Gasteiger partial charge >= 0.3 is 5.97 Å². The van der Waals surface area contributed by atoms with Gasteiger partial charge in [-0.3, -0.25) is 4.79 Å². The van der Waals surface area contributed by atoms with Crippen LogP contribution in [0.2, 0.25) is 0 Å². The molecular formula is C15H21NO4. The molecule has 3 N–H and O–H groups in total. The van der Waals surface area contributed by atoms with Crippen molar-refractivity contribution in [3.63, 3.8) is 0 Å². The van der Waals surface area contributed by atoms with E-state index in [9.17, 15) is 14.7 Å². The summed E-state index contributed by atoms with van der Waals surface area (Å²) >= 11 is 0. The van der Waals surface area contributed by atoms with Crippen LogP contribution in [0.15, 0.2) is 24.3 Å². The van der Waals surface area contributed by atoms with E-state index >= 15 is 0 Å². The minimum atomic E-state index is -1.02. The van der Waals surface area contributed by atoms with Crippen LogP contribution in [-0.2, 0) is 0 Å². The van der Waals surface area contributed by atoms with Gasteiger partial charge in [-0.2, -0.15) is 0 Å². The zero-order chi connectivity index (χ0) is 15.3. The Morgan fingerprint density at radius 1 is 1.20 bits per heavy atom. The summed E-state index contributed by atoms with van der Waals surface area (Å²) in [5.41, 5.74) is 0.365. The number of carboxylic acids is 1. The lowest BCUT2D eigenvalue weighted by Crippen LogP contribution is -2.35. The minimum Gasteiger partial charge on any atom is -0.478 e. The van der Waals surface area contributed by atoms with Crippen molar-refractivity contribution in [1.29, 1.82) is 0 Å². The van der Waals surface area contributed by atoms with Crippen LogP contribution in [0.1, 0.15) is 47.9 Å². The van der Waals surface area contributed by atoms with E-state index in [-0.39, 0.29) is 16.9 Å². The number of carboxylic acid groups (broad SMARTS) is 1. The second-order valence-corrected chi connectivity index (χ2v) is 5.78. The molecule has 1 amide bonds. The van der Waals surface area contributed by atoms with Crippen molar-refractivity contribution >= 4 is 11.9 Å². The van der Waals surface area contributed by atoms with E-state index in [0.29, 0.717) is 18.5 Å². The highest BCUT2D eigenvalue weighted by atomic mass is 16.4. The summed E-state index contributed by atoms with van der Waals surface area (Å²) < 4.78 is 0. The van der Waals surface area contributed by atoms with Crippen LogP contribution in [0.4, 0.5) is 0 Å². The molecule has 20 heavy (non-hydrogen) atoms.